The van der Waals surface area contributed by atoms with E-state index in [2.05, 4.69) is 126 Å². The first-order chi connectivity index (χ1) is 17.8. The third-order valence-corrected chi connectivity index (χ3v) is 9.22. The molecule has 0 bridgehead atoms. The standard InChI is InChI=1S/C36H42N/c1-8-12-16-25-17-15-19-27-26(25)23-24-37(7)34(27)29-21-22-31-32(33(29)36(9-2,10-3)11-4)28-18-13-14-20-30(28)35(31,5)6/h9,13-15,17-24H,2,8,10-12,16H2,1,3-7H3/q+1. The van der Waals surface area contributed by atoms with E-state index >= 15 is 0 Å². The predicted molar refractivity (Wildman–Crippen MR) is 159 cm³/mol. The lowest BCUT2D eigenvalue weighted by molar-refractivity contribution is -0.659. The summed E-state index contributed by atoms with van der Waals surface area (Å²) in [5.74, 6) is 0. The second-order valence-electron chi connectivity index (χ2n) is 11.4. The van der Waals surface area contributed by atoms with E-state index in [0.29, 0.717) is 0 Å². The van der Waals surface area contributed by atoms with Crippen LogP contribution in [0, 0.1) is 0 Å². The molecule has 190 valence electrons. The van der Waals surface area contributed by atoms with Crippen LogP contribution in [0.1, 0.15) is 82.6 Å². The topological polar surface area (TPSA) is 3.88 Å². The number of allylic oxidation sites excluding steroid dienone is 1. The van der Waals surface area contributed by atoms with Gasteiger partial charge in [0.1, 0.15) is 7.05 Å². The molecule has 0 radical (unpaired) electrons. The van der Waals surface area contributed by atoms with E-state index in [1.165, 1.54) is 68.3 Å². The summed E-state index contributed by atoms with van der Waals surface area (Å²) in [5, 5.41) is 2.73. The van der Waals surface area contributed by atoms with Crippen molar-refractivity contribution in [1.29, 1.82) is 0 Å². The van der Waals surface area contributed by atoms with Crippen LogP contribution < -0.4 is 4.57 Å². The minimum atomic E-state index is -0.108. The lowest BCUT2D eigenvalue weighted by atomic mass is 9.69. The fourth-order valence-corrected chi connectivity index (χ4v) is 6.89. The fraction of sp³-hybridized carbons (Fsp3) is 0.361. The van der Waals surface area contributed by atoms with Crippen molar-refractivity contribution in [3.8, 4) is 22.4 Å². The first-order valence-corrected chi connectivity index (χ1v) is 14.2. The summed E-state index contributed by atoms with van der Waals surface area (Å²) in [4.78, 5) is 0. The van der Waals surface area contributed by atoms with E-state index in [0.717, 1.165) is 19.3 Å². The first kappa shape index (κ1) is 25.5. The van der Waals surface area contributed by atoms with Crippen LogP contribution in [0.15, 0.2) is 79.5 Å². The highest BCUT2D eigenvalue weighted by Crippen LogP contribution is 2.55. The summed E-state index contributed by atoms with van der Waals surface area (Å²) in [6, 6.07) is 23.1. The lowest BCUT2D eigenvalue weighted by Gasteiger charge is -2.33. The van der Waals surface area contributed by atoms with E-state index in [4.69, 9.17) is 0 Å². The molecule has 0 aliphatic heterocycles. The Kier molecular flexibility index (Phi) is 6.61. The third kappa shape index (κ3) is 3.78. The molecular formula is C36H42N+. The molecule has 1 heterocycles. The number of pyridine rings is 1. The Labute approximate surface area is 223 Å². The highest BCUT2D eigenvalue weighted by molar-refractivity contribution is 5.98. The number of rotatable bonds is 8. The largest absolute Gasteiger partial charge is 0.220 e. The van der Waals surface area contributed by atoms with Gasteiger partial charge in [0.05, 0.1) is 10.9 Å². The Balaban J connectivity index is 1.93. The van der Waals surface area contributed by atoms with Crippen LogP contribution in [-0.2, 0) is 24.3 Å². The maximum atomic E-state index is 4.43. The van der Waals surface area contributed by atoms with Crippen LogP contribution in [0.25, 0.3) is 33.2 Å². The number of unbranched alkanes of at least 4 members (excludes halogenated alkanes) is 1. The SMILES string of the molecule is C=CC(CC)(CC)c1c(-c2c3cccc(CCCC)c3cc[n+]2C)ccc2c1-c1ccccc1C2(C)C. The van der Waals surface area contributed by atoms with Gasteiger partial charge in [-0.1, -0.05) is 89.6 Å². The zero-order chi connectivity index (χ0) is 26.4. The number of hydrogen-bond acceptors (Lipinski definition) is 0. The third-order valence-electron chi connectivity index (χ3n) is 9.22. The molecule has 4 aromatic rings. The van der Waals surface area contributed by atoms with Gasteiger partial charge in [0.25, 0.3) is 0 Å². The summed E-state index contributed by atoms with van der Waals surface area (Å²) in [6.45, 7) is 16.1. The van der Waals surface area contributed by atoms with Gasteiger partial charge in [0, 0.05) is 16.9 Å². The van der Waals surface area contributed by atoms with Gasteiger partial charge >= 0.3 is 0 Å². The molecule has 0 atom stereocenters. The maximum absolute atomic E-state index is 4.43. The zero-order valence-corrected chi connectivity index (χ0v) is 23.6. The molecule has 0 fully saturated rings. The Morgan fingerprint density at radius 3 is 2.30 bits per heavy atom. The van der Waals surface area contributed by atoms with Crippen molar-refractivity contribution in [2.45, 2.75) is 77.6 Å². The molecule has 5 rings (SSSR count). The summed E-state index contributed by atoms with van der Waals surface area (Å²) in [5.41, 5.74) is 11.1. The molecule has 1 nitrogen and oxygen atoms in total. The van der Waals surface area contributed by atoms with Crippen molar-refractivity contribution in [2.24, 2.45) is 7.05 Å². The van der Waals surface area contributed by atoms with Crippen LogP contribution in [0.2, 0.25) is 0 Å². The number of fused-ring (bicyclic) bond motifs is 4. The minimum absolute atomic E-state index is 0.0259. The van der Waals surface area contributed by atoms with Gasteiger partial charge in [0.2, 0.25) is 5.69 Å². The lowest BCUT2D eigenvalue weighted by Crippen LogP contribution is -2.33. The van der Waals surface area contributed by atoms with E-state index in [1.807, 2.05) is 0 Å². The zero-order valence-electron chi connectivity index (χ0n) is 23.6. The number of aryl methyl sites for hydroxylation is 2. The molecule has 1 aromatic heterocycles. The Morgan fingerprint density at radius 1 is 0.838 bits per heavy atom. The van der Waals surface area contributed by atoms with Gasteiger partial charge < -0.3 is 0 Å². The van der Waals surface area contributed by atoms with E-state index in [1.54, 1.807) is 0 Å². The molecule has 0 unspecified atom stereocenters. The molecule has 1 aliphatic carbocycles. The molecule has 0 saturated heterocycles. The van der Waals surface area contributed by atoms with Crippen LogP contribution in [0.5, 0.6) is 0 Å². The maximum Gasteiger partial charge on any atom is 0.220 e. The van der Waals surface area contributed by atoms with Crippen molar-refractivity contribution in [1.82, 2.24) is 0 Å². The second kappa shape index (κ2) is 9.60. The van der Waals surface area contributed by atoms with Gasteiger partial charge in [-0.15, -0.1) is 6.58 Å². The molecule has 37 heavy (non-hydrogen) atoms. The molecule has 3 aromatic carbocycles. The normalized spacial score (nSPS) is 14.0. The average Bonchev–Trinajstić information content (AvgIpc) is 3.15. The molecule has 0 N–H and O–H groups in total. The minimum Gasteiger partial charge on any atom is -0.200 e. The van der Waals surface area contributed by atoms with Crippen LogP contribution in [-0.4, -0.2) is 0 Å². The highest BCUT2D eigenvalue weighted by Gasteiger charge is 2.42. The van der Waals surface area contributed by atoms with Gasteiger partial charge in [-0.3, -0.25) is 0 Å². The predicted octanol–water partition coefficient (Wildman–Crippen LogP) is 9.22. The van der Waals surface area contributed by atoms with Gasteiger partial charge in [-0.2, -0.15) is 0 Å². The number of aromatic nitrogens is 1. The monoisotopic (exact) mass is 488 g/mol. The summed E-state index contributed by atoms with van der Waals surface area (Å²) < 4.78 is 2.34. The molecule has 0 amide bonds. The number of benzene rings is 3. The quantitative estimate of drug-likeness (QED) is 0.172. The van der Waals surface area contributed by atoms with E-state index in [9.17, 15) is 0 Å². The fourth-order valence-electron chi connectivity index (χ4n) is 6.89. The number of hydrogen-bond donors (Lipinski definition) is 0. The Hall–Kier alpha value is -3.19. The van der Waals surface area contributed by atoms with Gasteiger partial charge in [-0.25, -0.2) is 4.57 Å². The molecule has 0 spiro atoms. The molecule has 1 aliphatic rings. The smallest absolute Gasteiger partial charge is 0.200 e. The van der Waals surface area contributed by atoms with Crippen molar-refractivity contribution in [2.75, 3.05) is 0 Å². The van der Waals surface area contributed by atoms with Crippen molar-refractivity contribution < 1.29 is 4.57 Å². The van der Waals surface area contributed by atoms with Crippen molar-refractivity contribution >= 4 is 10.8 Å². The van der Waals surface area contributed by atoms with Crippen LogP contribution in [0.4, 0.5) is 0 Å². The van der Waals surface area contributed by atoms with Crippen LogP contribution in [0.3, 0.4) is 0 Å². The first-order valence-electron chi connectivity index (χ1n) is 14.2. The highest BCUT2D eigenvalue weighted by atomic mass is 14.9. The summed E-state index contributed by atoms with van der Waals surface area (Å²) in [6.07, 6.45) is 10.1. The summed E-state index contributed by atoms with van der Waals surface area (Å²) >= 11 is 0. The van der Waals surface area contributed by atoms with Crippen LogP contribution >= 0.6 is 0 Å². The molecular weight excluding hydrogens is 446 g/mol. The van der Waals surface area contributed by atoms with E-state index < -0.39 is 0 Å². The van der Waals surface area contributed by atoms with Crippen molar-refractivity contribution in [3.05, 3.63) is 102 Å². The van der Waals surface area contributed by atoms with Crippen molar-refractivity contribution in [3.63, 3.8) is 0 Å². The summed E-state index contributed by atoms with van der Waals surface area (Å²) in [7, 11) is 2.20. The Morgan fingerprint density at radius 2 is 1.59 bits per heavy atom. The molecule has 1 heteroatoms. The van der Waals surface area contributed by atoms with Gasteiger partial charge in [-0.05, 0) is 76.6 Å². The van der Waals surface area contributed by atoms with E-state index in [-0.39, 0.29) is 10.8 Å². The second-order valence-corrected chi connectivity index (χ2v) is 11.4. The number of nitrogens with zero attached hydrogens (tertiary/aromatic N) is 1. The van der Waals surface area contributed by atoms with Gasteiger partial charge in [0.15, 0.2) is 6.20 Å². The average molecular weight is 489 g/mol. The molecule has 0 saturated carbocycles. The Bertz CT molecular complexity index is 1480.